The third-order valence-corrected chi connectivity index (χ3v) is 2.02. The highest BCUT2D eigenvalue weighted by molar-refractivity contribution is 5.35. The lowest BCUT2D eigenvalue weighted by Crippen LogP contribution is -2.46. The molecule has 0 aromatic carbocycles. The quantitative estimate of drug-likeness (QED) is 0.422. The number of nitrogens with zero attached hydrogens (tertiary/aromatic N) is 4. The van der Waals surface area contributed by atoms with Crippen LogP contribution in [0.5, 0.6) is 0 Å². The van der Waals surface area contributed by atoms with Crippen LogP contribution in [0.2, 0.25) is 0 Å². The van der Waals surface area contributed by atoms with Gasteiger partial charge in [-0.3, -0.25) is 0 Å². The van der Waals surface area contributed by atoms with Gasteiger partial charge in [0.15, 0.2) is 0 Å². The van der Waals surface area contributed by atoms with Gasteiger partial charge in [-0.05, 0) is 0 Å². The van der Waals surface area contributed by atoms with Crippen LogP contribution in [-0.2, 0) is 0 Å². The lowest BCUT2D eigenvalue weighted by Gasteiger charge is -2.26. The Balaban J connectivity index is 2.14. The molecule has 1 aliphatic heterocycles. The highest BCUT2D eigenvalue weighted by Crippen LogP contribution is 2.06. The molecule has 1 aromatic rings. The Labute approximate surface area is 75.7 Å². The molecule has 0 spiro atoms. The third-order valence-electron chi connectivity index (χ3n) is 2.02. The van der Waals surface area contributed by atoms with Gasteiger partial charge in [0.05, 0.1) is 10.1 Å². The molecule has 0 unspecified atom stereocenters. The van der Waals surface area contributed by atoms with Crippen molar-refractivity contribution in [3.05, 3.63) is 17.5 Å². The maximum Gasteiger partial charge on any atom is 0.202 e. The molecule has 1 N–H and O–H groups in total. The fourth-order valence-electron chi connectivity index (χ4n) is 1.37. The second kappa shape index (κ2) is 3.53. The average molecular weight is 181 g/mol. The summed E-state index contributed by atoms with van der Waals surface area (Å²) in [4.78, 5) is 2.41. The second-order valence-corrected chi connectivity index (χ2v) is 2.88. The fourth-order valence-corrected chi connectivity index (χ4v) is 1.37. The van der Waals surface area contributed by atoms with Crippen molar-refractivity contribution in [2.45, 2.75) is 0 Å². The van der Waals surface area contributed by atoms with Crippen LogP contribution in [-0.4, -0.2) is 36.4 Å². The number of anilines is 1. The molecule has 0 radical (unpaired) electrons. The van der Waals surface area contributed by atoms with Gasteiger partial charge in [-0.2, -0.15) is 0 Å². The molecule has 2 rings (SSSR count). The van der Waals surface area contributed by atoms with E-state index in [0.29, 0.717) is 10.8 Å². The Morgan fingerprint density at radius 1 is 1.46 bits per heavy atom. The third kappa shape index (κ3) is 1.83. The monoisotopic (exact) mass is 181 g/mol. The zero-order valence-electron chi connectivity index (χ0n) is 7.18. The normalized spacial score (nSPS) is 17.4. The smallest absolute Gasteiger partial charge is 0.202 e. The molecule has 1 saturated heterocycles. The molecule has 0 aliphatic carbocycles. The van der Waals surface area contributed by atoms with Crippen molar-refractivity contribution >= 4 is 5.82 Å². The summed E-state index contributed by atoms with van der Waals surface area (Å²) in [5, 5.41) is 21.2. The van der Waals surface area contributed by atoms with Gasteiger partial charge < -0.3 is 15.4 Å². The van der Waals surface area contributed by atoms with E-state index < -0.39 is 0 Å². The van der Waals surface area contributed by atoms with Gasteiger partial charge in [0, 0.05) is 37.3 Å². The molecule has 1 aromatic heterocycles. The van der Waals surface area contributed by atoms with E-state index in [-0.39, 0.29) is 0 Å². The molecule has 70 valence electrons. The summed E-state index contributed by atoms with van der Waals surface area (Å²) in [6.07, 6.45) is 1.47. The van der Waals surface area contributed by atoms with E-state index in [1.54, 1.807) is 6.07 Å². The summed E-state index contributed by atoms with van der Waals surface area (Å²) in [5.41, 5.74) is 0. The summed E-state index contributed by atoms with van der Waals surface area (Å²) < 4.78 is 0. The van der Waals surface area contributed by atoms with Crippen molar-refractivity contribution in [3.63, 3.8) is 0 Å². The summed E-state index contributed by atoms with van der Waals surface area (Å²) in [7, 11) is 0. The first-order valence-electron chi connectivity index (χ1n) is 4.25. The van der Waals surface area contributed by atoms with Crippen LogP contribution >= 0.6 is 0 Å². The lowest BCUT2D eigenvalue weighted by molar-refractivity contribution is -0.727. The van der Waals surface area contributed by atoms with Gasteiger partial charge >= 0.3 is 0 Å². The van der Waals surface area contributed by atoms with E-state index in [4.69, 9.17) is 0 Å². The zero-order valence-corrected chi connectivity index (χ0v) is 7.18. The van der Waals surface area contributed by atoms with Crippen LogP contribution in [0.4, 0.5) is 5.82 Å². The van der Waals surface area contributed by atoms with Crippen LogP contribution in [0.1, 0.15) is 0 Å². The summed E-state index contributed by atoms with van der Waals surface area (Å²) in [6.45, 7) is 3.64. The Hall–Kier alpha value is -1.43. The van der Waals surface area contributed by atoms with Crippen molar-refractivity contribution in [1.29, 1.82) is 0 Å². The van der Waals surface area contributed by atoms with Crippen molar-refractivity contribution in [2.24, 2.45) is 0 Å². The van der Waals surface area contributed by atoms with E-state index in [0.717, 1.165) is 26.2 Å². The van der Waals surface area contributed by atoms with E-state index in [9.17, 15) is 5.21 Å². The number of piperazine rings is 1. The predicted molar refractivity (Wildman–Crippen MR) is 46.1 cm³/mol. The standard InChI is InChI=1S/C7H11N5O/c13-12-9-2-1-7(10-12)11-5-3-8-4-6-11/h1-2,8H,3-6H2. The molecule has 1 fully saturated rings. The minimum Gasteiger partial charge on any atom is -0.569 e. The first-order chi connectivity index (χ1) is 6.36. The molecule has 13 heavy (non-hydrogen) atoms. The number of nitrogens with one attached hydrogen (secondary N) is 1. The van der Waals surface area contributed by atoms with Crippen molar-refractivity contribution in [2.75, 3.05) is 31.1 Å². The van der Waals surface area contributed by atoms with Crippen molar-refractivity contribution in [1.82, 2.24) is 15.5 Å². The van der Waals surface area contributed by atoms with E-state index >= 15 is 0 Å². The molecule has 1 aliphatic rings. The fraction of sp³-hybridized carbons (Fsp3) is 0.571. The zero-order chi connectivity index (χ0) is 9.10. The SMILES string of the molecule is [O-][n+]1nccc(N2CCNCC2)n1. The van der Waals surface area contributed by atoms with Crippen LogP contribution in [0.25, 0.3) is 0 Å². The second-order valence-electron chi connectivity index (χ2n) is 2.88. The topological polar surface area (TPSA) is 68.0 Å². The molecule has 0 saturated carbocycles. The first-order valence-corrected chi connectivity index (χ1v) is 4.25. The Kier molecular flexibility index (Phi) is 2.22. The minimum absolute atomic E-state index is 0.345. The predicted octanol–water partition coefficient (Wildman–Crippen LogP) is -1.48. The molecule has 0 amide bonds. The average Bonchev–Trinajstić information content (AvgIpc) is 2.19. The highest BCUT2D eigenvalue weighted by atomic mass is 16.5. The molecule has 6 heteroatoms. The Bertz CT molecular complexity index is 286. The highest BCUT2D eigenvalue weighted by Gasteiger charge is 2.13. The number of hydrogen-bond acceptors (Lipinski definition) is 5. The van der Waals surface area contributed by atoms with Gasteiger partial charge in [0.2, 0.25) is 5.82 Å². The van der Waals surface area contributed by atoms with E-state index in [1.807, 2.05) is 0 Å². The number of aromatic nitrogens is 3. The Morgan fingerprint density at radius 3 is 2.92 bits per heavy atom. The van der Waals surface area contributed by atoms with E-state index in [1.165, 1.54) is 6.20 Å². The largest absolute Gasteiger partial charge is 0.569 e. The van der Waals surface area contributed by atoms with Crippen LogP contribution in [0, 0.1) is 5.21 Å². The van der Waals surface area contributed by atoms with Crippen LogP contribution in [0.3, 0.4) is 0 Å². The van der Waals surface area contributed by atoms with Gasteiger partial charge in [0.25, 0.3) is 0 Å². The molecule has 2 heterocycles. The molecular weight excluding hydrogens is 170 g/mol. The van der Waals surface area contributed by atoms with Crippen LogP contribution < -0.4 is 15.2 Å². The summed E-state index contributed by atoms with van der Waals surface area (Å²) >= 11 is 0. The number of rotatable bonds is 1. The number of hydrogen-bond donors (Lipinski definition) is 1. The molecule has 0 atom stereocenters. The summed E-state index contributed by atoms with van der Waals surface area (Å²) in [6, 6.07) is 1.75. The Morgan fingerprint density at radius 2 is 2.23 bits per heavy atom. The molecule has 0 bridgehead atoms. The maximum absolute atomic E-state index is 10.8. The van der Waals surface area contributed by atoms with Gasteiger partial charge in [0.1, 0.15) is 6.20 Å². The summed E-state index contributed by atoms with van der Waals surface area (Å²) in [5.74, 6) is 0.700. The minimum atomic E-state index is 0.345. The maximum atomic E-state index is 10.8. The van der Waals surface area contributed by atoms with Crippen LogP contribution in [0.15, 0.2) is 12.3 Å². The van der Waals surface area contributed by atoms with Gasteiger partial charge in [-0.1, -0.05) is 0 Å². The van der Waals surface area contributed by atoms with Crippen molar-refractivity contribution in [3.8, 4) is 0 Å². The molecular formula is C7H11N5O. The van der Waals surface area contributed by atoms with E-state index in [2.05, 4.69) is 20.4 Å². The van der Waals surface area contributed by atoms with Crippen molar-refractivity contribution < 1.29 is 4.96 Å². The van der Waals surface area contributed by atoms with Gasteiger partial charge in [-0.25, -0.2) is 0 Å². The first kappa shape index (κ1) is 8.18. The molecule has 6 nitrogen and oxygen atoms in total. The van der Waals surface area contributed by atoms with Gasteiger partial charge in [-0.15, -0.1) is 0 Å². The lowest BCUT2D eigenvalue weighted by atomic mass is 10.3.